The van der Waals surface area contributed by atoms with E-state index in [1.807, 2.05) is 12.1 Å². The monoisotopic (exact) mass is 267 g/mol. The molecule has 2 aromatic rings. The van der Waals surface area contributed by atoms with Gasteiger partial charge in [0.1, 0.15) is 11.6 Å². The fourth-order valence-electron chi connectivity index (χ4n) is 2.22. The quantitative estimate of drug-likeness (QED) is 0.712. The summed E-state index contributed by atoms with van der Waals surface area (Å²) in [7, 11) is 0. The Labute approximate surface area is 115 Å². The molecule has 1 aliphatic heterocycles. The molecular weight excluding hydrogens is 254 g/mol. The molecular formula is C13H13N7. The maximum absolute atomic E-state index is 9.12. The van der Waals surface area contributed by atoms with Crippen LogP contribution in [0.15, 0.2) is 24.4 Å². The minimum absolute atomic E-state index is 0.280. The molecule has 3 N–H and O–H groups in total. The first-order chi connectivity index (χ1) is 9.88. The number of nitrogens with zero attached hydrogens (tertiary/aromatic N) is 4. The SMILES string of the molecule is N#CC(=CNc1cccc2c1CNCC2)c1nn[nH]n1. The number of hydrogen-bond donors (Lipinski definition) is 3. The normalized spacial score (nSPS) is 14.4. The number of benzene rings is 1. The van der Waals surface area contributed by atoms with E-state index in [1.54, 1.807) is 6.20 Å². The molecule has 0 radical (unpaired) electrons. The summed E-state index contributed by atoms with van der Waals surface area (Å²) in [5.41, 5.74) is 3.90. The van der Waals surface area contributed by atoms with E-state index in [1.165, 1.54) is 11.1 Å². The van der Waals surface area contributed by atoms with Crippen molar-refractivity contribution < 1.29 is 0 Å². The van der Waals surface area contributed by atoms with Crippen molar-refractivity contribution >= 4 is 11.3 Å². The Hall–Kier alpha value is -2.72. The van der Waals surface area contributed by atoms with E-state index in [9.17, 15) is 0 Å². The van der Waals surface area contributed by atoms with Crippen molar-refractivity contribution in [3.05, 3.63) is 41.4 Å². The van der Waals surface area contributed by atoms with Crippen LogP contribution in [0.3, 0.4) is 0 Å². The van der Waals surface area contributed by atoms with E-state index in [2.05, 4.69) is 43.4 Å². The van der Waals surface area contributed by atoms with Crippen LogP contribution < -0.4 is 10.6 Å². The second-order valence-electron chi connectivity index (χ2n) is 4.42. The molecule has 1 aromatic heterocycles. The number of H-pyrrole nitrogens is 1. The van der Waals surface area contributed by atoms with Gasteiger partial charge in [-0.2, -0.15) is 10.5 Å². The first-order valence-corrected chi connectivity index (χ1v) is 6.30. The molecule has 3 rings (SSSR count). The molecule has 2 heterocycles. The third kappa shape index (κ3) is 2.37. The first kappa shape index (κ1) is 12.3. The van der Waals surface area contributed by atoms with Crippen molar-refractivity contribution in [2.75, 3.05) is 11.9 Å². The van der Waals surface area contributed by atoms with Crippen LogP contribution in [0.2, 0.25) is 0 Å². The zero-order chi connectivity index (χ0) is 13.8. The van der Waals surface area contributed by atoms with E-state index in [-0.39, 0.29) is 5.82 Å². The fraction of sp³-hybridized carbons (Fsp3) is 0.231. The number of allylic oxidation sites excluding steroid dienone is 1. The Kier molecular flexibility index (Phi) is 3.39. The van der Waals surface area contributed by atoms with E-state index < -0.39 is 0 Å². The lowest BCUT2D eigenvalue weighted by Crippen LogP contribution is -2.24. The predicted molar refractivity (Wildman–Crippen MR) is 73.2 cm³/mol. The fourth-order valence-corrected chi connectivity index (χ4v) is 2.22. The van der Waals surface area contributed by atoms with Crippen LogP contribution in [0.5, 0.6) is 0 Å². The van der Waals surface area contributed by atoms with Crippen molar-refractivity contribution in [3.63, 3.8) is 0 Å². The number of nitrogens with one attached hydrogen (secondary N) is 3. The molecule has 100 valence electrons. The topological polar surface area (TPSA) is 102 Å². The molecule has 0 unspecified atom stereocenters. The molecule has 0 aliphatic carbocycles. The van der Waals surface area contributed by atoms with Crippen LogP contribution in [0.1, 0.15) is 17.0 Å². The second-order valence-corrected chi connectivity index (χ2v) is 4.42. The molecule has 0 amide bonds. The van der Waals surface area contributed by atoms with Crippen LogP contribution in [0.25, 0.3) is 5.57 Å². The average Bonchev–Trinajstić information content (AvgIpc) is 3.02. The smallest absolute Gasteiger partial charge is 0.216 e. The molecule has 0 bridgehead atoms. The van der Waals surface area contributed by atoms with Gasteiger partial charge in [-0.05, 0) is 35.4 Å². The average molecular weight is 267 g/mol. The van der Waals surface area contributed by atoms with E-state index in [4.69, 9.17) is 5.26 Å². The summed E-state index contributed by atoms with van der Waals surface area (Å²) in [5.74, 6) is 0.280. The van der Waals surface area contributed by atoms with Gasteiger partial charge in [0.2, 0.25) is 5.82 Å². The standard InChI is InChI=1S/C13H13N7/c14-6-10(13-17-19-20-18-13)7-16-12-3-1-2-9-4-5-15-8-11(9)12/h1-3,7,15-16H,4-5,8H2,(H,17,18,19,20). The molecule has 7 nitrogen and oxygen atoms in total. The van der Waals surface area contributed by atoms with Crippen molar-refractivity contribution in [2.24, 2.45) is 0 Å². The highest BCUT2D eigenvalue weighted by atomic mass is 15.5. The van der Waals surface area contributed by atoms with Gasteiger partial charge >= 0.3 is 0 Å². The molecule has 7 heteroatoms. The predicted octanol–water partition coefficient (Wildman–Crippen LogP) is 0.822. The molecule has 0 saturated carbocycles. The molecule has 0 fully saturated rings. The summed E-state index contributed by atoms with van der Waals surface area (Å²) >= 11 is 0. The van der Waals surface area contributed by atoms with Crippen molar-refractivity contribution in [3.8, 4) is 6.07 Å². The number of aromatic amines is 1. The van der Waals surface area contributed by atoms with Crippen LogP contribution in [0.4, 0.5) is 5.69 Å². The third-order valence-electron chi connectivity index (χ3n) is 3.22. The summed E-state index contributed by atoms with van der Waals surface area (Å²) < 4.78 is 0. The Morgan fingerprint density at radius 1 is 1.45 bits per heavy atom. The third-order valence-corrected chi connectivity index (χ3v) is 3.22. The van der Waals surface area contributed by atoms with Gasteiger partial charge in [0.15, 0.2) is 0 Å². The van der Waals surface area contributed by atoms with Crippen LogP contribution >= 0.6 is 0 Å². The van der Waals surface area contributed by atoms with Crippen LogP contribution in [-0.4, -0.2) is 27.2 Å². The number of anilines is 1. The second kappa shape index (κ2) is 5.50. The number of nitriles is 1. The van der Waals surface area contributed by atoms with Crippen molar-refractivity contribution in [1.82, 2.24) is 25.9 Å². The van der Waals surface area contributed by atoms with Gasteiger partial charge in [-0.15, -0.1) is 10.2 Å². The Balaban J connectivity index is 1.87. The van der Waals surface area contributed by atoms with Gasteiger partial charge in [-0.3, -0.25) is 0 Å². The van der Waals surface area contributed by atoms with Crippen LogP contribution in [0, 0.1) is 11.3 Å². The number of aromatic nitrogens is 4. The van der Waals surface area contributed by atoms with Gasteiger partial charge in [0.25, 0.3) is 0 Å². The maximum atomic E-state index is 9.12. The van der Waals surface area contributed by atoms with Gasteiger partial charge in [0, 0.05) is 18.4 Å². The minimum Gasteiger partial charge on any atom is -0.360 e. The number of tetrazole rings is 1. The Morgan fingerprint density at radius 2 is 2.40 bits per heavy atom. The minimum atomic E-state index is 0.280. The highest BCUT2D eigenvalue weighted by molar-refractivity contribution is 5.74. The van der Waals surface area contributed by atoms with Crippen molar-refractivity contribution in [2.45, 2.75) is 13.0 Å². The van der Waals surface area contributed by atoms with Gasteiger partial charge in [-0.1, -0.05) is 12.1 Å². The maximum Gasteiger partial charge on any atom is 0.216 e. The van der Waals surface area contributed by atoms with E-state index in [0.29, 0.717) is 5.57 Å². The Bertz CT molecular complexity index is 667. The molecule has 1 aliphatic rings. The molecule has 0 saturated heterocycles. The Morgan fingerprint density at radius 3 is 3.20 bits per heavy atom. The van der Waals surface area contributed by atoms with Crippen molar-refractivity contribution in [1.29, 1.82) is 5.26 Å². The van der Waals surface area contributed by atoms with E-state index in [0.717, 1.165) is 25.2 Å². The summed E-state index contributed by atoms with van der Waals surface area (Å²) in [5, 5.41) is 29.0. The number of fused-ring (bicyclic) bond motifs is 1. The number of rotatable bonds is 3. The summed E-state index contributed by atoms with van der Waals surface area (Å²) in [4.78, 5) is 0. The lowest BCUT2D eigenvalue weighted by Gasteiger charge is -2.20. The van der Waals surface area contributed by atoms with Gasteiger partial charge in [-0.25, -0.2) is 0 Å². The lowest BCUT2D eigenvalue weighted by molar-refractivity contribution is 0.645. The highest BCUT2D eigenvalue weighted by Crippen LogP contribution is 2.23. The molecule has 0 atom stereocenters. The summed E-state index contributed by atoms with van der Waals surface area (Å²) in [6, 6.07) is 8.20. The lowest BCUT2D eigenvalue weighted by atomic mass is 9.99. The first-order valence-electron chi connectivity index (χ1n) is 6.30. The zero-order valence-corrected chi connectivity index (χ0v) is 10.7. The van der Waals surface area contributed by atoms with E-state index >= 15 is 0 Å². The van der Waals surface area contributed by atoms with Gasteiger partial charge in [0.05, 0.1) is 0 Å². The molecule has 0 spiro atoms. The largest absolute Gasteiger partial charge is 0.360 e. The zero-order valence-electron chi connectivity index (χ0n) is 10.7. The van der Waals surface area contributed by atoms with Crippen LogP contribution in [-0.2, 0) is 13.0 Å². The van der Waals surface area contributed by atoms with Gasteiger partial charge < -0.3 is 10.6 Å². The number of hydrogen-bond acceptors (Lipinski definition) is 6. The molecule has 1 aromatic carbocycles. The molecule has 20 heavy (non-hydrogen) atoms. The highest BCUT2D eigenvalue weighted by Gasteiger charge is 2.12. The summed E-state index contributed by atoms with van der Waals surface area (Å²) in [6.45, 7) is 1.83. The summed E-state index contributed by atoms with van der Waals surface area (Å²) in [6.07, 6.45) is 2.62.